The van der Waals surface area contributed by atoms with Gasteiger partial charge in [-0.3, -0.25) is 4.79 Å². The second kappa shape index (κ2) is 6.42. The third-order valence-corrected chi connectivity index (χ3v) is 4.04. The van der Waals surface area contributed by atoms with E-state index in [0.717, 1.165) is 32.1 Å². The highest BCUT2D eigenvalue weighted by Gasteiger charge is 2.47. The summed E-state index contributed by atoms with van der Waals surface area (Å²) in [5.41, 5.74) is -0.484. The highest BCUT2D eigenvalue weighted by Crippen LogP contribution is 2.48. The van der Waals surface area contributed by atoms with E-state index in [1.165, 1.54) is 0 Å². The van der Waals surface area contributed by atoms with Crippen LogP contribution in [-0.4, -0.2) is 11.1 Å². The molecule has 0 aromatic carbocycles. The van der Waals surface area contributed by atoms with Gasteiger partial charge in [0.2, 0.25) is 0 Å². The van der Waals surface area contributed by atoms with Gasteiger partial charge in [-0.05, 0) is 30.6 Å². The largest absolute Gasteiger partial charge is 0.481 e. The van der Waals surface area contributed by atoms with Gasteiger partial charge in [0, 0.05) is 0 Å². The maximum atomic E-state index is 11.8. The Hall–Kier alpha value is -0.530. The monoisotopic (exact) mass is 242 g/mol. The quantitative estimate of drug-likeness (QED) is 0.700. The molecule has 1 N–H and O–H groups in total. The number of rotatable bonds is 7. The van der Waals surface area contributed by atoms with E-state index in [9.17, 15) is 9.90 Å². The Bertz CT molecular complexity index is 240. The lowest BCUT2D eigenvalue weighted by atomic mass is 9.59. The predicted molar refractivity (Wildman–Crippen MR) is 73.1 cm³/mol. The van der Waals surface area contributed by atoms with E-state index < -0.39 is 11.4 Å². The van der Waals surface area contributed by atoms with Crippen molar-refractivity contribution in [3.05, 3.63) is 0 Å². The summed E-state index contributed by atoms with van der Waals surface area (Å²) >= 11 is 0. The summed E-state index contributed by atoms with van der Waals surface area (Å²) in [6, 6.07) is 0. The second-order valence-corrected chi connectivity index (χ2v) is 6.27. The lowest BCUT2D eigenvalue weighted by molar-refractivity contribution is -0.158. The highest BCUT2D eigenvalue weighted by molar-refractivity contribution is 5.75. The first-order valence-electron chi connectivity index (χ1n) is 6.99. The molecule has 0 aromatic rings. The van der Waals surface area contributed by atoms with Gasteiger partial charge in [-0.2, -0.15) is 0 Å². The summed E-state index contributed by atoms with van der Waals surface area (Å²) in [4.78, 5) is 11.8. The van der Waals surface area contributed by atoms with Crippen LogP contribution in [0, 0.1) is 16.7 Å². The maximum Gasteiger partial charge on any atom is 0.309 e. The minimum atomic E-state index is -0.602. The van der Waals surface area contributed by atoms with Crippen molar-refractivity contribution in [3.8, 4) is 0 Å². The van der Waals surface area contributed by atoms with E-state index >= 15 is 0 Å². The van der Waals surface area contributed by atoms with Gasteiger partial charge in [0.05, 0.1) is 5.41 Å². The summed E-state index contributed by atoms with van der Waals surface area (Å²) < 4.78 is 0. The summed E-state index contributed by atoms with van der Waals surface area (Å²) in [6.45, 7) is 12.8. The van der Waals surface area contributed by atoms with Crippen molar-refractivity contribution < 1.29 is 9.90 Å². The first-order valence-corrected chi connectivity index (χ1v) is 6.99. The number of hydrogen-bond acceptors (Lipinski definition) is 1. The van der Waals surface area contributed by atoms with Crippen molar-refractivity contribution in [2.45, 2.75) is 73.6 Å². The van der Waals surface area contributed by atoms with E-state index in [1.807, 2.05) is 6.92 Å². The van der Waals surface area contributed by atoms with Gasteiger partial charge < -0.3 is 5.11 Å². The fourth-order valence-corrected chi connectivity index (χ4v) is 3.28. The van der Waals surface area contributed by atoms with Crippen LogP contribution in [0.25, 0.3) is 0 Å². The Balaban J connectivity index is 5.41. The molecule has 102 valence electrons. The smallest absolute Gasteiger partial charge is 0.309 e. The van der Waals surface area contributed by atoms with Crippen LogP contribution in [0.4, 0.5) is 0 Å². The zero-order chi connectivity index (χ0) is 13.7. The Morgan fingerprint density at radius 3 is 1.88 bits per heavy atom. The van der Waals surface area contributed by atoms with Crippen LogP contribution in [0.3, 0.4) is 0 Å². The molecule has 2 atom stereocenters. The number of aliphatic carboxylic acids is 1. The van der Waals surface area contributed by atoms with E-state index in [4.69, 9.17) is 0 Å². The molecule has 0 amide bonds. The van der Waals surface area contributed by atoms with Crippen LogP contribution in [0.1, 0.15) is 73.6 Å². The summed E-state index contributed by atoms with van der Waals surface area (Å²) in [7, 11) is 0. The molecule has 0 bridgehead atoms. The number of carboxylic acid groups (broad SMARTS) is 1. The molecule has 0 aromatic heterocycles. The first kappa shape index (κ1) is 16.5. The van der Waals surface area contributed by atoms with Gasteiger partial charge in [0.15, 0.2) is 0 Å². The SMILES string of the molecule is CCCC(C(C)(C)C)C(CC)(CCC)C(=O)O. The van der Waals surface area contributed by atoms with E-state index in [0.29, 0.717) is 0 Å². The van der Waals surface area contributed by atoms with Crippen LogP contribution in [0.2, 0.25) is 0 Å². The number of carboxylic acids is 1. The molecule has 0 fully saturated rings. The molecule has 2 heteroatoms. The standard InChI is InChI=1S/C15H30O2/c1-7-10-12(14(4,5)6)15(9-3,11-8-2)13(16)17/h12H,7-11H2,1-6H3,(H,16,17). The molecule has 0 aliphatic rings. The zero-order valence-electron chi connectivity index (χ0n) is 12.5. The lowest BCUT2D eigenvalue weighted by Gasteiger charge is -2.44. The van der Waals surface area contributed by atoms with Crippen molar-refractivity contribution in [1.82, 2.24) is 0 Å². The van der Waals surface area contributed by atoms with Crippen molar-refractivity contribution >= 4 is 5.97 Å². The highest BCUT2D eigenvalue weighted by atomic mass is 16.4. The molecule has 0 saturated heterocycles. The van der Waals surface area contributed by atoms with Gasteiger partial charge in [0.1, 0.15) is 0 Å². The molecule has 0 radical (unpaired) electrons. The van der Waals surface area contributed by atoms with Crippen molar-refractivity contribution in [2.75, 3.05) is 0 Å². The lowest BCUT2D eigenvalue weighted by Crippen LogP contribution is -2.44. The summed E-state index contributed by atoms with van der Waals surface area (Å²) in [6.07, 6.45) is 4.53. The Kier molecular flexibility index (Phi) is 6.22. The van der Waals surface area contributed by atoms with Crippen LogP contribution in [-0.2, 0) is 4.79 Å². The third kappa shape index (κ3) is 3.72. The van der Waals surface area contributed by atoms with Gasteiger partial charge in [-0.15, -0.1) is 0 Å². The first-order chi connectivity index (χ1) is 7.76. The van der Waals surface area contributed by atoms with E-state index in [-0.39, 0.29) is 11.3 Å². The summed E-state index contributed by atoms with van der Waals surface area (Å²) in [5, 5.41) is 9.72. The Labute approximate surface area is 107 Å². The molecular formula is C15H30O2. The fraction of sp³-hybridized carbons (Fsp3) is 0.933. The van der Waals surface area contributed by atoms with Crippen LogP contribution >= 0.6 is 0 Å². The third-order valence-electron chi connectivity index (χ3n) is 4.04. The molecule has 0 aliphatic heterocycles. The van der Waals surface area contributed by atoms with E-state index in [2.05, 4.69) is 34.6 Å². The van der Waals surface area contributed by atoms with Crippen molar-refractivity contribution in [3.63, 3.8) is 0 Å². The molecule has 0 spiro atoms. The van der Waals surface area contributed by atoms with Crippen LogP contribution in [0.15, 0.2) is 0 Å². The Morgan fingerprint density at radius 2 is 1.65 bits per heavy atom. The number of hydrogen-bond donors (Lipinski definition) is 1. The fourth-order valence-electron chi connectivity index (χ4n) is 3.28. The second-order valence-electron chi connectivity index (χ2n) is 6.27. The molecule has 0 heterocycles. The summed E-state index contributed by atoms with van der Waals surface area (Å²) in [5.74, 6) is -0.349. The average Bonchev–Trinajstić information content (AvgIpc) is 2.21. The molecule has 0 rings (SSSR count). The molecular weight excluding hydrogens is 212 g/mol. The molecule has 0 saturated carbocycles. The van der Waals surface area contributed by atoms with Crippen LogP contribution in [0.5, 0.6) is 0 Å². The predicted octanol–water partition coefficient (Wildman–Crippen LogP) is 4.73. The van der Waals surface area contributed by atoms with Crippen LogP contribution < -0.4 is 0 Å². The van der Waals surface area contributed by atoms with Gasteiger partial charge >= 0.3 is 5.97 Å². The zero-order valence-corrected chi connectivity index (χ0v) is 12.5. The molecule has 2 nitrogen and oxygen atoms in total. The van der Waals surface area contributed by atoms with Gasteiger partial charge in [-0.25, -0.2) is 0 Å². The molecule has 0 aliphatic carbocycles. The van der Waals surface area contributed by atoms with Crippen molar-refractivity contribution in [1.29, 1.82) is 0 Å². The van der Waals surface area contributed by atoms with Gasteiger partial charge in [-0.1, -0.05) is 54.4 Å². The minimum Gasteiger partial charge on any atom is -0.481 e. The minimum absolute atomic E-state index is 0.0551. The topological polar surface area (TPSA) is 37.3 Å². The van der Waals surface area contributed by atoms with Crippen molar-refractivity contribution in [2.24, 2.45) is 16.7 Å². The number of carbonyl (C=O) groups is 1. The normalized spacial score (nSPS) is 17.5. The Morgan fingerprint density at radius 1 is 1.12 bits per heavy atom. The molecule has 2 unspecified atom stereocenters. The van der Waals surface area contributed by atoms with Gasteiger partial charge in [0.25, 0.3) is 0 Å². The maximum absolute atomic E-state index is 11.8. The average molecular weight is 242 g/mol. The van der Waals surface area contributed by atoms with E-state index in [1.54, 1.807) is 0 Å². The molecule has 17 heavy (non-hydrogen) atoms.